The number of halogens is 1. The fraction of sp³-hybridized carbons (Fsp3) is 0.286. The quantitative estimate of drug-likeness (QED) is 0.663. The van der Waals surface area contributed by atoms with E-state index in [0.717, 1.165) is 27.7 Å². The average molecular weight is 401 g/mol. The van der Waals surface area contributed by atoms with Crippen LogP contribution in [-0.2, 0) is 25.8 Å². The first-order valence-corrected chi connectivity index (χ1v) is 11.0. The number of sulfone groups is 1. The molecule has 7 heteroatoms. The number of aryl methyl sites for hydroxylation is 1. The van der Waals surface area contributed by atoms with Crippen molar-refractivity contribution in [3.05, 3.63) is 59.9 Å². The molecule has 1 aliphatic heterocycles. The monoisotopic (exact) mass is 401 g/mol. The zero-order valence-electron chi connectivity index (χ0n) is 15.2. The number of esters is 1. The Kier molecular flexibility index (Phi) is 4.93. The minimum Gasteiger partial charge on any atom is -0.461 e. The van der Waals surface area contributed by atoms with Crippen LogP contribution in [0.1, 0.15) is 18.4 Å². The number of benzene rings is 2. The fourth-order valence-electron chi connectivity index (χ4n) is 3.66. The van der Waals surface area contributed by atoms with Gasteiger partial charge in [0.2, 0.25) is 0 Å². The first kappa shape index (κ1) is 18.7. The zero-order valence-corrected chi connectivity index (χ0v) is 16.0. The van der Waals surface area contributed by atoms with Gasteiger partial charge in [-0.2, -0.15) is 0 Å². The molecule has 0 aliphatic carbocycles. The number of carbonyl (C=O) groups is 1. The summed E-state index contributed by atoms with van der Waals surface area (Å²) in [5, 5.41) is 0.732. The fourth-order valence-corrected chi connectivity index (χ4v) is 5.25. The molecule has 0 amide bonds. The van der Waals surface area contributed by atoms with Crippen molar-refractivity contribution >= 4 is 26.7 Å². The maximum absolute atomic E-state index is 13.8. The molecular weight excluding hydrogens is 381 g/mol. The number of nitrogens with one attached hydrogen (secondary N) is 1. The van der Waals surface area contributed by atoms with Crippen molar-refractivity contribution in [3.63, 3.8) is 0 Å². The van der Waals surface area contributed by atoms with Crippen molar-refractivity contribution in [1.29, 1.82) is 0 Å². The molecule has 0 bridgehead atoms. The highest BCUT2D eigenvalue weighted by Crippen LogP contribution is 2.32. The maximum Gasteiger partial charge on any atom is 0.306 e. The van der Waals surface area contributed by atoms with E-state index in [-0.39, 0.29) is 23.7 Å². The third-order valence-electron chi connectivity index (χ3n) is 5.00. The standard InChI is InChI=1S/C21H20FNO4S/c22-15-6-8-19-18(12-15)17(21(23-19)14-4-2-1-3-5-14)7-9-20(24)27-16-10-11-28(25,26)13-16/h1-6,8,12,16,23H,7,9-11,13H2. The summed E-state index contributed by atoms with van der Waals surface area (Å²) < 4.78 is 42.2. The summed E-state index contributed by atoms with van der Waals surface area (Å²) in [5.41, 5.74) is 3.43. The van der Waals surface area contributed by atoms with Gasteiger partial charge in [-0.3, -0.25) is 4.79 Å². The van der Waals surface area contributed by atoms with E-state index in [1.54, 1.807) is 6.07 Å². The van der Waals surface area contributed by atoms with Crippen LogP contribution < -0.4 is 0 Å². The Morgan fingerprint density at radius 1 is 1.18 bits per heavy atom. The second-order valence-electron chi connectivity index (χ2n) is 7.05. The second-order valence-corrected chi connectivity index (χ2v) is 9.28. The highest BCUT2D eigenvalue weighted by atomic mass is 32.2. The lowest BCUT2D eigenvalue weighted by atomic mass is 10.0. The third-order valence-corrected chi connectivity index (χ3v) is 6.74. The summed E-state index contributed by atoms with van der Waals surface area (Å²) in [6.07, 6.45) is 0.250. The molecule has 0 saturated carbocycles. The molecule has 3 aromatic rings. The van der Waals surface area contributed by atoms with E-state index in [1.807, 2.05) is 30.3 Å². The van der Waals surface area contributed by atoms with Gasteiger partial charge >= 0.3 is 5.97 Å². The molecule has 0 spiro atoms. The lowest BCUT2D eigenvalue weighted by Crippen LogP contribution is -2.19. The van der Waals surface area contributed by atoms with Crippen LogP contribution >= 0.6 is 0 Å². The molecule has 1 aromatic heterocycles. The van der Waals surface area contributed by atoms with E-state index in [1.165, 1.54) is 12.1 Å². The Hall–Kier alpha value is -2.67. The molecule has 0 radical (unpaired) electrons. The van der Waals surface area contributed by atoms with Gasteiger partial charge in [0.05, 0.1) is 11.5 Å². The average Bonchev–Trinajstić information content (AvgIpc) is 3.19. The number of ether oxygens (including phenoxy) is 1. The van der Waals surface area contributed by atoms with Gasteiger partial charge in [-0.25, -0.2) is 12.8 Å². The molecule has 1 N–H and O–H groups in total. The molecule has 28 heavy (non-hydrogen) atoms. The zero-order chi connectivity index (χ0) is 19.7. The molecule has 1 unspecified atom stereocenters. The van der Waals surface area contributed by atoms with Crippen molar-refractivity contribution in [2.24, 2.45) is 0 Å². The predicted molar refractivity (Wildman–Crippen MR) is 105 cm³/mol. The predicted octanol–water partition coefficient (Wildman–Crippen LogP) is 3.64. The third kappa shape index (κ3) is 3.94. The number of H-pyrrole nitrogens is 1. The number of fused-ring (bicyclic) bond motifs is 1. The lowest BCUT2D eigenvalue weighted by Gasteiger charge is -2.10. The van der Waals surface area contributed by atoms with E-state index >= 15 is 0 Å². The molecule has 5 nitrogen and oxygen atoms in total. The van der Waals surface area contributed by atoms with Crippen LogP contribution in [0.5, 0.6) is 0 Å². The molecule has 1 aliphatic rings. The minimum absolute atomic E-state index is 0.0603. The molecule has 1 fully saturated rings. The Labute approximate surface area is 162 Å². The maximum atomic E-state index is 13.8. The van der Waals surface area contributed by atoms with Crippen molar-refractivity contribution in [3.8, 4) is 11.3 Å². The number of hydrogen-bond donors (Lipinski definition) is 1. The van der Waals surface area contributed by atoms with E-state index < -0.39 is 21.9 Å². The Bertz CT molecular complexity index is 1120. The topological polar surface area (TPSA) is 76.2 Å². The number of carbonyl (C=O) groups excluding carboxylic acids is 1. The molecule has 1 saturated heterocycles. The summed E-state index contributed by atoms with van der Waals surface area (Å²) in [4.78, 5) is 15.6. The van der Waals surface area contributed by atoms with Crippen molar-refractivity contribution in [1.82, 2.24) is 4.98 Å². The van der Waals surface area contributed by atoms with E-state index in [0.29, 0.717) is 12.8 Å². The van der Waals surface area contributed by atoms with Crippen LogP contribution in [0.3, 0.4) is 0 Å². The van der Waals surface area contributed by atoms with E-state index in [2.05, 4.69) is 4.98 Å². The van der Waals surface area contributed by atoms with Crippen LogP contribution in [0.2, 0.25) is 0 Å². The van der Waals surface area contributed by atoms with Gasteiger partial charge in [0.25, 0.3) is 0 Å². The summed E-state index contributed by atoms with van der Waals surface area (Å²) >= 11 is 0. The Morgan fingerprint density at radius 3 is 2.68 bits per heavy atom. The van der Waals surface area contributed by atoms with Crippen LogP contribution in [0.15, 0.2) is 48.5 Å². The van der Waals surface area contributed by atoms with Gasteiger partial charge in [0, 0.05) is 23.0 Å². The van der Waals surface area contributed by atoms with Crippen LogP contribution in [0.25, 0.3) is 22.2 Å². The first-order valence-electron chi connectivity index (χ1n) is 9.17. The molecular formula is C21H20FNO4S. The molecule has 2 aromatic carbocycles. The van der Waals surface area contributed by atoms with Crippen LogP contribution in [0.4, 0.5) is 4.39 Å². The molecule has 146 valence electrons. The van der Waals surface area contributed by atoms with Gasteiger partial charge in [0.1, 0.15) is 11.9 Å². The summed E-state index contributed by atoms with van der Waals surface area (Å²) in [6, 6.07) is 14.2. The van der Waals surface area contributed by atoms with Crippen molar-refractivity contribution < 1.29 is 22.3 Å². The molecule has 1 atom stereocenters. The van der Waals surface area contributed by atoms with Gasteiger partial charge in [-0.15, -0.1) is 0 Å². The second kappa shape index (κ2) is 7.39. The smallest absolute Gasteiger partial charge is 0.306 e. The highest BCUT2D eigenvalue weighted by Gasteiger charge is 2.30. The highest BCUT2D eigenvalue weighted by molar-refractivity contribution is 7.91. The Morgan fingerprint density at radius 2 is 1.96 bits per heavy atom. The van der Waals surface area contributed by atoms with Gasteiger partial charge < -0.3 is 9.72 Å². The number of hydrogen-bond acceptors (Lipinski definition) is 4. The van der Waals surface area contributed by atoms with Gasteiger partial charge in [0.15, 0.2) is 9.84 Å². The number of aromatic amines is 1. The van der Waals surface area contributed by atoms with Gasteiger partial charge in [-0.05, 0) is 42.2 Å². The van der Waals surface area contributed by atoms with Crippen molar-refractivity contribution in [2.45, 2.75) is 25.4 Å². The Balaban J connectivity index is 1.57. The molecule has 4 rings (SSSR count). The van der Waals surface area contributed by atoms with Crippen LogP contribution in [-0.4, -0.2) is 37.0 Å². The normalized spacial score (nSPS) is 18.4. The SMILES string of the molecule is O=C(CCc1c(-c2ccccc2)[nH]c2ccc(F)cc12)OC1CCS(=O)(=O)C1. The summed E-state index contributed by atoms with van der Waals surface area (Å²) in [5.74, 6) is -0.824. The lowest BCUT2D eigenvalue weighted by molar-refractivity contribution is -0.147. The first-order chi connectivity index (χ1) is 13.4. The molecule has 2 heterocycles. The summed E-state index contributed by atoms with van der Waals surface area (Å²) in [7, 11) is -3.10. The van der Waals surface area contributed by atoms with E-state index in [9.17, 15) is 17.6 Å². The minimum atomic E-state index is -3.10. The van der Waals surface area contributed by atoms with Crippen LogP contribution in [0, 0.1) is 5.82 Å². The van der Waals surface area contributed by atoms with Crippen molar-refractivity contribution in [2.75, 3.05) is 11.5 Å². The summed E-state index contributed by atoms with van der Waals surface area (Å²) in [6.45, 7) is 0. The number of aromatic nitrogens is 1. The number of rotatable bonds is 5. The largest absolute Gasteiger partial charge is 0.461 e. The van der Waals surface area contributed by atoms with Gasteiger partial charge in [-0.1, -0.05) is 30.3 Å². The van der Waals surface area contributed by atoms with E-state index in [4.69, 9.17) is 4.74 Å².